The van der Waals surface area contributed by atoms with E-state index in [0.29, 0.717) is 18.1 Å². The van der Waals surface area contributed by atoms with E-state index in [2.05, 4.69) is 57.7 Å². The second-order valence-electron chi connectivity index (χ2n) is 9.19. The summed E-state index contributed by atoms with van der Waals surface area (Å²) in [7, 11) is 0. The summed E-state index contributed by atoms with van der Waals surface area (Å²) in [5.74, 6) is 1.63. The molecule has 4 heterocycles. The Morgan fingerprint density at radius 2 is 1.81 bits per heavy atom. The minimum Gasteiger partial charge on any atom is -0.379 e. The minimum atomic E-state index is 0.516. The lowest BCUT2D eigenvalue weighted by Gasteiger charge is -2.40. The first kappa shape index (κ1) is 22.2. The number of aromatic amines is 1. The highest BCUT2D eigenvalue weighted by Crippen LogP contribution is 2.25. The van der Waals surface area contributed by atoms with E-state index in [9.17, 15) is 0 Å². The van der Waals surface area contributed by atoms with Crippen molar-refractivity contribution in [2.24, 2.45) is 0 Å². The lowest BCUT2D eigenvalue weighted by molar-refractivity contribution is 0.0114. The van der Waals surface area contributed by atoms with Crippen LogP contribution in [0.2, 0.25) is 0 Å². The highest BCUT2D eigenvalue weighted by atomic mass is 16.5. The molecule has 0 atom stereocenters. The summed E-state index contributed by atoms with van der Waals surface area (Å²) in [6.45, 7) is 16.6. The van der Waals surface area contributed by atoms with Gasteiger partial charge in [0.2, 0.25) is 5.95 Å². The van der Waals surface area contributed by atoms with E-state index in [1.807, 2.05) is 0 Å². The molecule has 2 aliphatic rings. The van der Waals surface area contributed by atoms with E-state index in [4.69, 9.17) is 14.7 Å². The summed E-state index contributed by atoms with van der Waals surface area (Å²) in [5.41, 5.74) is 1.61. The number of nitrogens with one attached hydrogen (secondary N) is 2. The molecule has 172 valence electrons. The maximum atomic E-state index is 5.51. The molecule has 0 amide bonds. The van der Waals surface area contributed by atoms with Crippen LogP contribution in [0.3, 0.4) is 0 Å². The van der Waals surface area contributed by atoms with Gasteiger partial charge < -0.3 is 19.9 Å². The second kappa shape index (κ2) is 10.1. The van der Waals surface area contributed by atoms with Gasteiger partial charge in [0.1, 0.15) is 5.52 Å². The van der Waals surface area contributed by atoms with Gasteiger partial charge >= 0.3 is 0 Å². The van der Waals surface area contributed by atoms with Crippen LogP contribution in [0.1, 0.15) is 40.5 Å². The topological polar surface area (TPSA) is 85.4 Å². The third kappa shape index (κ3) is 5.27. The van der Waals surface area contributed by atoms with E-state index < -0.39 is 0 Å². The number of rotatable bonds is 8. The van der Waals surface area contributed by atoms with Gasteiger partial charge in [-0.1, -0.05) is 0 Å². The monoisotopic (exact) mass is 430 g/mol. The quantitative estimate of drug-likeness (QED) is 0.659. The van der Waals surface area contributed by atoms with Crippen LogP contribution in [0.15, 0.2) is 6.33 Å². The molecule has 2 N–H and O–H groups in total. The molecule has 0 saturated carbocycles. The van der Waals surface area contributed by atoms with Gasteiger partial charge in [-0.3, -0.25) is 9.80 Å². The number of hydrogen-bond donors (Lipinski definition) is 2. The third-order valence-corrected chi connectivity index (χ3v) is 6.57. The van der Waals surface area contributed by atoms with Gasteiger partial charge in [0, 0.05) is 57.4 Å². The lowest BCUT2D eigenvalue weighted by atomic mass is 10.0. The first-order valence-corrected chi connectivity index (χ1v) is 11.8. The molecule has 0 unspecified atom stereocenters. The van der Waals surface area contributed by atoms with Gasteiger partial charge in [-0.25, -0.2) is 4.98 Å². The molecule has 0 bridgehead atoms. The molecule has 4 rings (SSSR count). The number of hydrogen-bond acceptors (Lipinski definition) is 8. The van der Waals surface area contributed by atoms with Crippen LogP contribution in [0, 0.1) is 0 Å². The van der Waals surface area contributed by atoms with Crippen molar-refractivity contribution in [2.45, 2.75) is 58.7 Å². The molecule has 9 heteroatoms. The van der Waals surface area contributed by atoms with Crippen molar-refractivity contribution >= 4 is 22.9 Å². The normalized spacial score (nSPS) is 19.3. The van der Waals surface area contributed by atoms with E-state index in [1.54, 1.807) is 6.33 Å². The highest BCUT2D eigenvalue weighted by Gasteiger charge is 2.27. The molecule has 0 spiro atoms. The van der Waals surface area contributed by atoms with Crippen molar-refractivity contribution in [3.05, 3.63) is 6.33 Å². The number of ether oxygens (including phenoxy) is 1. The van der Waals surface area contributed by atoms with E-state index in [0.717, 1.165) is 88.3 Å². The fourth-order valence-electron chi connectivity index (χ4n) is 4.88. The van der Waals surface area contributed by atoms with Crippen molar-refractivity contribution in [2.75, 3.05) is 62.7 Å². The van der Waals surface area contributed by atoms with Crippen LogP contribution in [-0.2, 0) is 4.74 Å². The minimum absolute atomic E-state index is 0.516. The SMILES string of the molecule is CC(C)N(CCNc1nc(N2CCC(N3CCOCC3)CC2)nc2nc[nH]c12)C(C)C. The van der Waals surface area contributed by atoms with E-state index in [1.165, 1.54) is 0 Å². The van der Waals surface area contributed by atoms with Gasteiger partial charge in [0.05, 0.1) is 19.5 Å². The van der Waals surface area contributed by atoms with Crippen molar-refractivity contribution in [1.29, 1.82) is 0 Å². The summed E-state index contributed by atoms with van der Waals surface area (Å²) in [5, 5.41) is 3.54. The Morgan fingerprint density at radius 1 is 1.10 bits per heavy atom. The highest BCUT2D eigenvalue weighted by molar-refractivity contribution is 5.83. The molecule has 0 radical (unpaired) electrons. The Balaban J connectivity index is 1.41. The maximum Gasteiger partial charge on any atom is 0.229 e. The van der Waals surface area contributed by atoms with E-state index >= 15 is 0 Å². The number of morpholine rings is 1. The van der Waals surface area contributed by atoms with E-state index in [-0.39, 0.29) is 0 Å². The summed E-state index contributed by atoms with van der Waals surface area (Å²) < 4.78 is 5.51. The summed E-state index contributed by atoms with van der Waals surface area (Å²) in [4.78, 5) is 24.6. The molecule has 9 nitrogen and oxygen atoms in total. The van der Waals surface area contributed by atoms with Gasteiger partial charge in [-0.15, -0.1) is 0 Å². The van der Waals surface area contributed by atoms with Gasteiger partial charge in [0.25, 0.3) is 0 Å². The van der Waals surface area contributed by atoms with Crippen LogP contribution < -0.4 is 10.2 Å². The van der Waals surface area contributed by atoms with Crippen LogP contribution in [0.5, 0.6) is 0 Å². The van der Waals surface area contributed by atoms with Crippen molar-refractivity contribution in [3.63, 3.8) is 0 Å². The smallest absolute Gasteiger partial charge is 0.229 e. The summed E-state index contributed by atoms with van der Waals surface area (Å²) in [6.07, 6.45) is 3.98. The van der Waals surface area contributed by atoms with Crippen molar-refractivity contribution < 1.29 is 4.74 Å². The number of aromatic nitrogens is 4. The first-order chi connectivity index (χ1) is 15.0. The van der Waals surface area contributed by atoms with Crippen molar-refractivity contribution in [1.82, 2.24) is 29.7 Å². The Labute approximate surface area is 185 Å². The average Bonchev–Trinajstić information content (AvgIpc) is 3.26. The van der Waals surface area contributed by atoms with Crippen LogP contribution in [0.4, 0.5) is 11.8 Å². The number of nitrogens with zero attached hydrogens (tertiary/aromatic N) is 6. The number of fused-ring (bicyclic) bond motifs is 1. The Bertz CT molecular complexity index is 816. The molecule has 2 saturated heterocycles. The standard InChI is InChI=1S/C22H38N8O/c1-16(2)30(17(3)4)10-7-23-20-19-21(25-15-24-19)27-22(26-20)29-8-5-18(6-9-29)28-11-13-31-14-12-28/h15-18H,5-14H2,1-4H3,(H2,23,24,25,26,27). The zero-order chi connectivity index (χ0) is 21.8. The second-order valence-corrected chi connectivity index (χ2v) is 9.19. The number of anilines is 2. The fourth-order valence-corrected chi connectivity index (χ4v) is 4.88. The predicted octanol–water partition coefficient (Wildman–Crippen LogP) is 2.18. The molecule has 2 aromatic heterocycles. The van der Waals surface area contributed by atoms with Crippen molar-refractivity contribution in [3.8, 4) is 0 Å². The average molecular weight is 431 g/mol. The third-order valence-electron chi connectivity index (χ3n) is 6.57. The lowest BCUT2D eigenvalue weighted by Crippen LogP contribution is -2.49. The molecule has 2 aromatic rings. The number of H-pyrrole nitrogens is 1. The van der Waals surface area contributed by atoms with Gasteiger partial charge in [-0.05, 0) is 40.5 Å². The Morgan fingerprint density at radius 3 is 2.48 bits per heavy atom. The molecular formula is C22H38N8O. The Hall–Kier alpha value is -1.97. The molecule has 0 aromatic carbocycles. The molecule has 31 heavy (non-hydrogen) atoms. The van der Waals surface area contributed by atoms with Crippen LogP contribution >= 0.6 is 0 Å². The predicted molar refractivity (Wildman–Crippen MR) is 125 cm³/mol. The maximum absolute atomic E-state index is 5.51. The summed E-state index contributed by atoms with van der Waals surface area (Å²) in [6, 6.07) is 1.68. The zero-order valence-electron chi connectivity index (χ0n) is 19.5. The molecule has 2 fully saturated rings. The molecular weight excluding hydrogens is 392 g/mol. The summed E-state index contributed by atoms with van der Waals surface area (Å²) >= 11 is 0. The van der Waals surface area contributed by atoms with Crippen LogP contribution in [0.25, 0.3) is 11.2 Å². The first-order valence-electron chi connectivity index (χ1n) is 11.8. The largest absolute Gasteiger partial charge is 0.379 e. The molecule has 2 aliphatic heterocycles. The zero-order valence-corrected chi connectivity index (χ0v) is 19.5. The van der Waals surface area contributed by atoms with Gasteiger partial charge in [0.15, 0.2) is 11.5 Å². The number of piperidine rings is 1. The number of imidazole rings is 1. The molecule has 0 aliphatic carbocycles. The van der Waals surface area contributed by atoms with Crippen LogP contribution in [-0.4, -0.2) is 100 Å². The van der Waals surface area contributed by atoms with Gasteiger partial charge in [-0.2, -0.15) is 9.97 Å². The Kier molecular flexibility index (Phi) is 7.24. The fraction of sp³-hybridized carbons (Fsp3) is 0.773.